The van der Waals surface area contributed by atoms with Gasteiger partial charge >= 0.3 is 0 Å². The Morgan fingerprint density at radius 3 is 2.00 bits per heavy atom. The van der Waals surface area contributed by atoms with Crippen molar-refractivity contribution >= 4 is 28.9 Å². The zero-order chi connectivity index (χ0) is 22.8. The van der Waals surface area contributed by atoms with Crippen LogP contribution in [0.15, 0.2) is 64.2 Å². The molecule has 1 heterocycles. The van der Waals surface area contributed by atoms with Crippen LogP contribution in [0.2, 0.25) is 0 Å². The molecule has 0 N–H and O–H groups in total. The van der Waals surface area contributed by atoms with E-state index in [0.29, 0.717) is 52.7 Å². The number of carbonyl (C=O) groups excluding carboxylic acids is 2. The van der Waals surface area contributed by atoms with Crippen molar-refractivity contribution in [2.75, 3.05) is 26.2 Å². The zero-order valence-electron chi connectivity index (χ0n) is 19.1. The van der Waals surface area contributed by atoms with Crippen molar-refractivity contribution in [1.82, 2.24) is 9.80 Å². The third kappa shape index (κ3) is 3.45. The van der Waals surface area contributed by atoms with E-state index < -0.39 is 0 Å². The minimum absolute atomic E-state index is 0.0882. The molecule has 0 atom stereocenters. The molecular formula is C26H28N4O2. The lowest BCUT2D eigenvalue weighted by atomic mass is 9.82. The van der Waals surface area contributed by atoms with Gasteiger partial charge in [0.2, 0.25) is 5.96 Å². The second-order valence-corrected chi connectivity index (χ2v) is 7.67. The van der Waals surface area contributed by atoms with E-state index in [2.05, 4.69) is 18.7 Å². The molecule has 0 saturated carbocycles. The van der Waals surface area contributed by atoms with Crippen molar-refractivity contribution in [1.29, 1.82) is 0 Å². The molecule has 6 heteroatoms. The van der Waals surface area contributed by atoms with E-state index in [1.54, 1.807) is 11.0 Å². The molecule has 2 aliphatic rings. The smallest absolute Gasteiger partial charge is 0.254 e. The summed E-state index contributed by atoms with van der Waals surface area (Å²) >= 11 is 0. The third-order valence-corrected chi connectivity index (χ3v) is 6.06. The molecule has 0 radical (unpaired) electrons. The predicted molar refractivity (Wildman–Crippen MR) is 128 cm³/mol. The van der Waals surface area contributed by atoms with Gasteiger partial charge in [0.15, 0.2) is 5.78 Å². The van der Waals surface area contributed by atoms with Crippen molar-refractivity contribution in [3.8, 4) is 0 Å². The molecular weight excluding hydrogens is 400 g/mol. The first kappa shape index (κ1) is 21.7. The van der Waals surface area contributed by atoms with Gasteiger partial charge in [0.1, 0.15) is 11.4 Å². The molecule has 164 valence electrons. The minimum Gasteiger partial charge on any atom is -0.341 e. The van der Waals surface area contributed by atoms with Crippen LogP contribution in [-0.2, 0) is 0 Å². The number of hydrogen-bond donors (Lipinski definition) is 0. The Balaban J connectivity index is 1.97. The molecule has 0 unspecified atom stereocenters. The summed E-state index contributed by atoms with van der Waals surface area (Å²) in [5.41, 5.74) is 4.19. The Hall–Kier alpha value is -3.54. The third-order valence-electron chi connectivity index (χ3n) is 6.06. The van der Waals surface area contributed by atoms with E-state index in [1.807, 2.05) is 56.3 Å². The number of nitrogens with zero attached hydrogens (tertiary/aromatic N) is 4. The number of allylic oxidation sites excluding steroid dienone is 2. The highest BCUT2D eigenvalue weighted by Gasteiger charge is 2.36. The maximum absolute atomic E-state index is 13.7. The average Bonchev–Trinajstić information content (AvgIpc) is 3.26. The first-order valence-corrected chi connectivity index (χ1v) is 11.2. The van der Waals surface area contributed by atoms with Gasteiger partial charge in [-0.3, -0.25) is 9.59 Å². The second-order valence-electron chi connectivity index (χ2n) is 7.67. The molecule has 0 spiro atoms. The van der Waals surface area contributed by atoms with Crippen LogP contribution in [0.5, 0.6) is 0 Å². The molecule has 0 fully saturated rings. The highest BCUT2D eigenvalue weighted by Crippen LogP contribution is 2.37. The van der Waals surface area contributed by atoms with Gasteiger partial charge in [-0.05, 0) is 33.8 Å². The lowest BCUT2D eigenvalue weighted by Crippen LogP contribution is -2.31. The van der Waals surface area contributed by atoms with Crippen LogP contribution in [0.25, 0.3) is 5.57 Å². The number of benzene rings is 2. The van der Waals surface area contributed by atoms with Gasteiger partial charge in [-0.2, -0.15) is 0 Å². The SMILES string of the molecule is CCN(CC)C(=O)c1ccccc1C1=C2N=C(N(CC)CC)N=C2c2ccccc2C1=O. The lowest BCUT2D eigenvalue weighted by Gasteiger charge is -2.23. The topological polar surface area (TPSA) is 65.3 Å². The number of fused-ring (bicyclic) bond motifs is 3. The summed E-state index contributed by atoms with van der Waals surface area (Å²) in [7, 11) is 0. The van der Waals surface area contributed by atoms with E-state index >= 15 is 0 Å². The number of guanidine groups is 1. The first-order chi connectivity index (χ1) is 15.5. The monoisotopic (exact) mass is 428 g/mol. The Kier molecular flexibility index (Phi) is 6.04. The maximum atomic E-state index is 13.7. The Morgan fingerprint density at radius 1 is 0.781 bits per heavy atom. The molecule has 2 aromatic carbocycles. The highest BCUT2D eigenvalue weighted by molar-refractivity contribution is 6.43. The fourth-order valence-electron chi connectivity index (χ4n) is 4.29. The van der Waals surface area contributed by atoms with E-state index in [4.69, 9.17) is 9.98 Å². The standard InChI is InChI=1S/C26H28N4O2/c1-5-29(6-2)25(32)20-16-12-9-13-17(20)21-23-22(27-26(28-23)30(7-3)8-4)18-14-10-11-15-19(18)24(21)31/h9-16H,5-8H2,1-4H3. The minimum atomic E-state index is -0.126. The number of carbonyl (C=O) groups is 2. The van der Waals surface area contributed by atoms with Crippen molar-refractivity contribution in [2.45, 2.75) is 27.7 Å². The Bertz CT molecular complexity index is 1170. The molecule has 32 heavy (non-hydrogen) atoms. The molecule has 1 aliphatic carbocycles. The summed E-state index contributed by atoms with van der Waals surface area (Å²) in [5.74, 6) is 0.392. The highest BCUT2D eigenvalue weighted by atomic mass is 16.2. The van der Waals surface area contributed by atoms with Gasteiger partial charge in [0.25, 0.3) is 5.91 Å². The summed E-state index contributed by atoms with van der Waals surface area (Å²) in [6, 6.07) is 14.8. The normalized spacial score (nSPS) is 14.6. The molecule has 4 rings (SSSR count). The van der Waals surface area contributed by atoms with Crippen molar-refractivity contribution in [3.63, 3.8) is 0 Å². The van der Waals surface area contributed by atoms with Crippen LogP contribution in [0, 0.1) is 0 Å². The molecule has 1 amide bonds. The average molecular weight is 429 g/mol. The van der Waals surface area contributed by atoms with Crippen LogP contribution < -0.4 is 0 Å². The summed E-state index contributed by atoms with van der Waals surface area (Å²) in [5, 5.41) is 0. The fraction of sp³-hybridized carbons (Fsp3) is 0.308. The number of amides is 1. The largest absolute Gasteiger partial charge is 0.341 e. The maximum Gasteiger partial charge on any atom is 0.254 e. The Labute approximate surface area is 189 Å². The quantitative estimate of drug-likeness (QED) is 0.690. The van der Waals surface area contributed by atoms with Gasteiger partial charge in [0, 0.05) is 48.4 Å². The van der Waals surface area contributed by atoms with Crippen molar-refractivity contribution in [3.05, 3.63) is 76.5 Å². The van der Waals surface area contributed by atoms with Gasteiger partial charge in [0.05, 0.1) is 5.57 Å². The first-order valence-electron chi connectivity index (χ1n) is 11.2. The van der Waals surface area contributed by atoms with Gasteiger partial charge in [-0.1, -0.05) is 42.5 Å². The van der Waals surface area contributed by atoms with Crippen molar-refractivity contribution < 1.29 is 9.59 Å². The summed E-state index contributed by atoms with van der Waals surface area (Å²) in [4.78, 5) is 40.5. The van der Waals surface area contributed by atoms with Gasteiger partial charge < -0.3 is 9.80 Å². The number of rotatable bonds is 6. The molecule has 6 nitrogen and oxygen atoms in total. The van der Waals surface area contributed by atoms with Gasteiger partial charge in [-0.15, -0.1) is 0 Å². The Morgan fingerprint density at radius 2 is 1.38 bits per heavy atom. The summed E-state index contributed by atoms with van der Waals surface area (Å²) in [6.07, 6.45) is 0. The summed E-state index contributed by atoms with van der Waals surface area (Å²) < 4.78 is 0. The van der Waals surface area contributed by atoms with E-state index in [9.17, 15) is 9.59 Å². The van der Waals surface area contributed by atoms with Crippen LogP contribution in [0.1, 0.15) is 59.5 Å². The zero-order valence-corrected chi connectivity index (χ0v) is 19.1. The van der Waals surface area contributed by atoms with Crippen LogP contribution in [0.4, 0.5) is 0 Å². The fourth-order valence-corrected chi connectivity index (χ4v) is 4.29. The van der Waals surface area contributed by atoms with Crippen LogP contribution >= 0.6 is 0 Å². The van der Waals surface area contributed by atoms with Crippen LogP contribution in [-0.4, -0.2) is 59.3 Å². The van der Waals surface area contributed by atoms with E-state index in [-0.39, 0.29) is 11.7 Å². The number of aliphatic imine (C=N–C) groups is 2. The molecule has 0 aromatic heterocycles. The predicted octanol–water partition coefficient (Wildman–Crippen LogP) is 4.28. The molecule has 0 bridgehead atoms. The van der Waals surface area contributed by atoms with E-state index in [0.717, 1.165) is 18.7 Å². The van der Waals surface area contributed by atoms with Gasteiger partial charge in [-0.25, -0.2) is 9.98 Å². The lowest BCUT2D eigenvalue weighted by molar-refractivity contribution is 0.0772. The number of Topliss-reactive ketones (excluding diaryl/α,β-unsaturated/α-hetero) is 1. The molecule has 2 aromatic rings. The van der Waals surface area contributed by atoms with Crippen LogP contribution in [0.3, 0.4) is 0 Å². The molecule has 1 aliphatic heterocycles. The molecule has 0 saturated heterocycles. The number of ketones is 1. The number of hydrogen-bond acceptors (Lipinski definition) is 5. The second kappa shape index (κ2) is 8.91. The van der Waals surface area contributed by atoms with Crippen molar-refractivity contribution in [2.24, 2.45) is 9.98 Å². The summed E-state index contributed by atoms with van der Waals surface area (Å²) in [6.45, 7) is 10.8. The van der Waals surface area contributed by atoms with E-state index in [1.165, 1.54) is 0 Å².